The number of rotatable bonds is 3. The first-order chi connectivity index (χ1) is 13.4. The maximum atomic E-state index is 12.4. The van der Waals surface area contributed by atoms with Crippen LogP contribution in [0, 0.1) is 13.8 Å². The van der Waals surface area contributed by atoms with Crippen LogP contribution in [0.2, 0.25) is 0 Å². The predicted molar refractivity (Wildman–Crippen MR) is 112 cm³/mol. The lowest BCUT2D eigenvalue weighted by Crippen LogP contribution is -2.60. The smallest absolute Gasteiger partial charge is 0.222 e. The molecule has 1 N–H and O–H groups in total. The zero-order valence-corrected chi connectivity index (χ0v) is 17.7. The molecule has 2 aliphatic heterocycles. The van der Waals surface area contributed by atoms with E-state index in [-0.39, 0.29) is 5.54 Å². The Morgan fingerprint density at radius 3 is 2.79 bits per heavy atom. The number of aryl methyl sites for hydroxylation is 2. The zero-order chi connectivity index (χ0) is 19.9. The van der Waals surface area contributed by atoms with Gasteiger partial charge in [0.05, 0.1) is 17.6 Å². The maximum absolute atomic E-state index is 12.4. The van der Waals surface area contributed by atoms with E-state index < -0.39 is 0 Å². The van der Waals surface area contributed by atoms with Crippen molar-refractivity contribution in [3.05, 3.63) is 29.1 Å². The standard InChI is InChI=1S/C22H33N5O/c1-5-27-11-10-22(9-8-20(27)28)15-26(13-12-25(22)4)14-19-23-18-7-6-16(2)17(3)21(18)24-19/h6-7H,5,8-15H2,1-4H3,(H,23,24)/t22-/m0/s1. The highest BCUT2D eigenvalue weighted by Crippen LogP contribution is 2.32. The number of fused-ring (bicyclic) bond motifs is 1. The quantitative estimate of drug-likeness (QED) is 0.885. The minimum Gasteiger partial charge on any atom is -0.343 e. The molecule has 0 saturated carbocycles. The molecule has 4 rings (SSSR count). The van der Waals surface area contributed by atoms with Crippen molar-refractivity contribution in [2.75, 3.05) is 39.8 Å². The van der Waals surface area contributed by atoms with Crippen LogP contribution in [0.5, 0.6) is 0 Å². The molecule has 1 spiro atoms. The number of hydrogen-bond donors (Lipinski definition) is 1. The number of likely N-dealkylation sites (tertiary alicyclic amines) is 1. The van der Waals surface area contributed by atoms with Crippen LogP contribution in [0.15, 0.2) is 12.1 Å². The van der Waals surface area contributed by atoms with Gasteiger partial charge in [0.25, 0.3) is 0 Å². The average molecular weight is 384 g/mol. The van der Waals surface area contributed by atoms with Gasteiger partial charge in [-0.3, -0.25) is 14.6 Å². The van der Waals surface area contributed by atoms with Gasteiger partial charge in [0, 0.05) is 44.7 Å². The Morgan fingerprint density at radius 2 is 2.00 bits per heavy atom. The number of hydrogen-bond acceptors (Lipinski definition) is 4. The van der Waals surface area contributed by atoms with Gasteiger partial charge in [-0.15, -0.1) is 0 Å². The van der Waals surface area contributed by atoms with Crippen molar-refractivity contribution in [3.63, 3.8) is 0 Å². The van der Waals surface area contributed by atoms with Crippen molar-refractivity contribution in [1.29, 1.82) is 0 Å². The third-order valence-electron chi connectivity index (χ3n) is 7.07. The summed E-state index contributed by atoms with van der Waals surface area (Å²) in [5.74, 6) is 1.36. The summed E-state index contributed by atoms with van der Waals surface area (Å²) in [6, 6.07) is 4.29. The van der Waals surface area contributed by atoms with Crippen molar-refractivity contribution in [3.8, 4) is 0 Å². The summed E-state index contributed by atoms with van der Waals surface area (Å²) >= 11 is 0. The third-order valence-corrected chi connectivity index (χ3v) is 7.07. The van der Waals surface area contributed by atoms with E-state index in [1.54, 1.807) is 0 Å². The van der Waals surface area contributed by atoms with Crippen LogP contribution in [0.4, 0.5) is 0 Å². The Balaban J connectivity index is 1.52. The molecule has 1 aromatic heterocycles. The molecule has 28 heavy (non-hydrogen) atoms. The fourth-order valence-electron chi connectivity index (χ4n) is 4.90. The van der Waals surface area contributed by atoms with E-state index in [2.05, 4.69) is 54.7 Å². The van der Waals surface area contributed by atoms with E-state index >= 15 is 0 Å². The van der Waals surface area contributed by atoms with Gasteiger partial charge in [0.1, 0.15) is 5.82 Å². The molecule has 3 heterocycles. The lowest BCUT2D eigenvalue weighted by molar-refractivity contribution is -0.130. The number of likely N-dealkylation sites (N-methyl/N-ethyl adjacent to an activating group) is 1. The van der Waals surface area contributed by atoms with Crippen molar-refractivity contribution < 1.29 is 4.79 Å². The van der Waals surface area contributed by atoms with E-state index in [4.69, 9.17) is 4.98 Å². The first-order valence-electron chi connectivity index (χ1n) is 10.6. The van der Waals surface area contributed by atoms with E-state index in [1.807, 2.05) is 4.90 Å². The number of H-pyrrole nitrogens is 1. The minimum absolute atomic E-state index is 0.0936. The van der Waals surface area contributed by atoms with E-state index in [0.717, 1.165) is 69.0 Å². The number of benzene rings is 1. The van der Waals surface area contributed by atoms with Gasteiger partial charge < -0.3 is 9.88 Å². The van der Waals surface area contributed by atoms with Crippen molar-refractivity contribution >= 4 is 16.9 Å². The van der Waals surface area contributed by atoms with Gasteiger partial charge in [0.15, 0.2) is 0 Å². The second kappa shape index (κ2) is 7.48. The highest BCUT2D eigenvalue weighted by molar-refractivity contribution is 5.79. The molecule has 1 atom stereocenters. The molecule has 0 unspecified atom stereocenters. The Hall–Kier alpha value is -1.92. The van der Waals surface area contributed by atoms with Crippen molar-refractivity contribution in [2.45, 2.75) is 52.1 Å². The van der Waals surface area contributed by atoms with Crippen molar-refractivity contribution in [1.82, 2.24) is 24.7 Å². The molecule has 0 aliphatic carbocycles. The Morgan fingerprint density at radius 1 is 1.18 bits per heavy atom. The average Bonchev–Trinajstić information content (AvgIpc) is 3.02. The lowest BCUT2D eigenvalue weighted by Gasteiger charge is -2.49. The number of carbonyl (C=O) groups excluding carboxylic acids is 1. The highest BCUT2D eigenvalue weighted by atomic mass is 16.2. The molecule has 2 aliphatic rings. The molecule has 6 heteroatoms. The van der Waals surface area contributed by atoms with Crippen LogP contribution in [0.25, 0.3) is 11.0 Å². The zero-order valence-electron chi connectivity index (χ0n) is 17.7. The van der Waals surface area contributed by atoms with Crippen LogP contribution in [0.3, 0.4) is 0 Å². The number of aromatic nitrogens is 2. The molecular weight excluding hydrogens is 350 g/mol. The van der Waals surface area contributed by atoms with Crippen LogP contribution in [0.1, 0.15) is 43.1 Å². The van der Waals surface area contributed by atoms with E-state index in [0.29, 0.717) is 12.3 Å². The molecule has 6 nitrogen and oxygen atoms in total. The summed E-state index contributed by atoms with van der Waals surface area (Å²) in [5, 5.41) is 0. The van der Waals surface area contributed by atoms with Gasteiger partial charge in [-0.2, -0.15) is 0 Å². The summed E-state index contributed by atoms with van der Waals surface area (Å²) < 4.78 is 0. The number of nitrogens with one attached hydrogen (secondary N) is 1. The minimum atomic E-state index is 0.0936. The summed E-state index contributed by atoms with van der Waals surface area (Å²) in [6.45, 7) is 12.0. The molecule has 2 saturated heterocycles. The highest BCUT2D eigenvalue weighted by Gasteiger charge is 2.42. The molecule has 0 radical (unpaired) electrons. The third kappa shape index (κ3) is 3.44. The topological polar surface area (TPSA) is 55.5 Å². The van der Waals surface area contributed by atoms with E-state index in [9.17, 15) is 4.79 Å². The summed E-state index contributed by atoms with van der Waals surface area (Å²) in [5.41, 5.74) is 4.86. The Labute approximate surface area is 167 Å². The van der Waals surface area contributed by atoms with Gasteiger partial charge in [0.2, 0.25) is 5.91 Å². The van der Waals surface area contributed by atoms with Crippen LogP contribution in [-0.4, -0.2) is 75.9 Å². The molecule has 0 bridgehead atoms. The van der Waals surface area contributed by atoms with Gasteiger partial charge in [-0.1, -0.05) is 6.07 Å². The Kier molecular flexibility index (Phi) is 5.19. The van der Waals surface area contributed by atoms with Gasteiger partial charge in [-0.25, -0.2) is 4.98 Å². The number of aromatic amines is 1. The molecule has 1 aromatic carbocycles. The maximum Gasteiger partial charge on any atom is 0.222 e. The monoisotopic (exact) mass is 383 g/mol. The number of nitrogens with zero attached hydrogens (tertiary/aromatic N) is 4. The number of piperazine rings is 1. The number of carbonyl (C=O) groups is 1. The van der Waals surface area contributed by atoms with Gasteiger partial charge in [-0.05, 0) is 57.9 Å². The fourth-order valence-corrected chi connectivity index (χ4v) is 4.90. The van der Waals surface area contributed by atoms with Crippen LogP contribution >= 0.6 is 0 Å². The van der Waals surface area contributed by atoms with Crippen LogP contribution < -0.4 is 0 Å². The molecule has 1 amide bonds. The first kappa shape index (κ1) is 19.4. The second-order valence-corrected chi connectivity index (χ2v) is 8.67. The normalized spacial score (nSPS) is 25.0. The lowest BCUT2D eigenvalue weighted by atomic mass is 9.86. The van der Waals surface area contributed by atoms with E-state index in [1.165, 1.54) is 11.1 Å². The van der Waals surface area contributed by atoms with Gasteiger partial charge >= 0.3 is 0 Å². The molecular formula is C22H33N5O. The molecule has 2 fully saturated rings. The predicted octanol–water partition coefficient (Wildman–Crippen LogP) is 2.70. The Bertz CT molecular complexity index is 875. The molecule has 152 valence electrons. The largest absolute Gasteiger partial charge is 0.343 e. The van der Waals surface area contributed by atoms with Crippen LogP contribution in [-0.2, 0) is 11.3 Å². The number of amides is 1. The second-order valence-electron chi connectivity index (χ2n) is 8.67. The first-order valence-corrected chi connectivity index (χ1v) is 10.6. The fraction of sp³-hybridized carbons (Fsp3) is 0.636. The number of imidazole rings is 1. The summed E-state index contributed by atoms with van der Waals surface area (Å²) in [4.78, 5) is 27.9. The molecule has 2 aromatic rings. The summed E-state index contributed by atoms with van der Waals surface area (Å²) in [6.07, 6.45) is 2.67. The SMILES string of the molecule is CCN1CC[C@@]2(CCC1=O)CN(Cc1nc3c(C)c(C)ccc3[nH]1)CCN2C. The summed E-state index contributed by atoms with van der Waals surface area (Å²) in [7, 11) is 2.23. The van der Waals surface area contributed by atoms with Crippen molar-refractivity contribution in [2.24, 2.45) is 0 Å².